The highest BCUT2D eigenvalue weighted by atomic mass is 32.2. The number of anilines is 5. The van der Waals surface area contributed by atoms with Crippen molar-refractivity contribution in [3.05, 3.63) is 71.9 Å². The molecule has 214 valence electrons. The topological polar surface area (TPSA) is 151 Å². The summed E-state index contributed by atoms with van der Waals surface area (Å²) in [5.41, 5.74) is 1.52. The van der Waals surface area contributed by atoms with Gasteiger partial charge in [-0.3, -0.25) is 14.3 Å². The van der Waals surface area contributed by atoms with Gasteiger partial charge < -0.3 is 20.7 Å². The molecule has 0 aliphatic heterocycles. The first-order valence-corrected chi connectivity index (χ1v) is 14.6. The van der Waals surface area contributed by atoms with Crippen LogP contribution in [0, 0.1) is 0 Å². The minimum atomic E-state index is -3.66. The van der Waals surface area contributed by atoms with E-state index >= 15 is 0 Å². The maximum absolute atomic E-state index is 13.5. The maximum Gasteiger partial charge on any atom is 0.296 e. The molecule has 1 aromatic heterocycles. The number of carbonyl (C=O) groups is 2. The number of rotatable bonds is 9. The first kappa shape index (κ1) is 29.3. The predicted octanol–water partition coefficient (Wildman–Crippen LogP) is 4.91. The van der Waals surface area contributed by atoms with Gasteiger partial charge in [0.1, 0.15) is 5.82 Å². The molecule has 1 heterocycles. The molecule has 1 amide bonds. The lowest BCUT2D eigenvalue weighted by atomic mass is 9.86. The van der Waals surface area contributed by atoms with Crippen molar-refractivity contribution in [2.24, 2.45) is 0 Å². The zero-order valence-electron chi connectivity index (χ0n) is 23.6. The van der Waals surface area contributed by atoms with Crippen LogP contribution in [0.1, 0.15) is 36.7 Å². The Morgan fingerprint density at radius 3 is 2.24 bits per heavy atom. The molecular formula is C29H32N6O5S. The van der Waals surface area contributed by atoms with Crippen molar-refractivity contribution < 1.29 is 22.7 Å². The number of fused-ring (bicyclic) bond motifs is 1. The summed E-state index contributed by atoms with van der Waals surface area (Å²) in [6.45, 7) is 5.83. The van der Waals surface area contributed by atoms with E-state index < -0.39 is 27.1 Å². The number of nitrogens with zero attached hydrogens (tertiary/aromatic N) is 2. The molecule has 0 fully saturated rings. The van der Waals surface area contributed by atoms with Crippen LogP contribution in [0.2, 0.25) is 0 Å². The van der Waals surface area contributed by atoms with Gasteiger partial charge in [0.05, 0.1) is 24.7 Å². The van der Waals surface area contributed by atoms with Gasteiger partial charge in [-0.1, -0.05) is 45.0 Å². The quantitative estimate of drug-likeness (QED) is 0.161. The smallest absolute Gasteiger partial charge is 0.296 e. The fraction of sp³-hybridized carbons (Fsp3) is 0.241. The van der Waals surface area contributed by atoms with Crippen LogP contribution in [0.15, 0.2) is 60.8 Å². The number of sulfonamides is 1. The first-order chi connectivity index (χ1) is 19.3. The van der Waals surface area contributed by atoms with Crippen molar-refractivity contribution in [1.29, 1.82) is 0 Å². The summed E-state index contributed by atoms with van der Waals surface area (Å²) in [6.07, 6.45) is 2.64. The zero-order valence-corrected chi connectivity index (χ0v) is 24.4. The van der Waals surface area contributed by atoms with Crippen molar-refractivity contribution in [3.63, 3.8) is 0 Å². The Morgan fingerprint density at radius 2 is 1.61 bits per heavy atom. The predicted molar refractivity (Wildman–Crippen MR) is 162 cm³/mol. The standard InChI is InChI=1S/C29H32N6O5S/c1-29(2,3)17-15-22(26(40-5)23(16-17)35-41(6,38)39)33-27(37)25(36)20-11-12-21(19-10-8-7-9-18(19)20)32-24-13-14-31-28(30-4)34-24/h7-16,35H,1-6H3,(H,33,37)(H2,30,31,32,34). The zero-order chi connectivity index (χ0) is 29.9. The van der Waals surface area contributed by atoms with Gasteiger partial charge >= 0.3 is 0 Å². The van der Waals surface area contributed by atoms with Crippen LogP contribution in [0.5, 0.6) is 5.75 Å². The third-order valence-corrected chi connectivity index (χ3v) is 6.81. The fourth-order valence-electron chi connectivity index (χ4n) is 4.24. The van der Waals surface area contributed by atoms with E-state index in [9.17, 15) is 18.0 Å². The van der Waals surface area contributed by atoms with Gasteiger partial charge in [-0.15, -0.1) is 0 Å². The molecular weight excluding hydrogens is 544 g/mol. The molecule has 0 atom stereocenters. The number of hydrogen-bond donors (Lipinski definition) is 4. The van der Waals surface area contributed by atoms with Gasteiger partial charge in [0.25, 0.3) is 11.7 Å². The molecule has 0 spiro atoms. The molecule has 0 bridgehead atoms. The SMILES string of the molecule is CNc1nccc(Nc2ccc(C(=O)C(=O)Nc3cc(C(C)(C)C)cc(NS(C)(=O)=O)c3OC)c3ccccc23)n1. The van der Waals surface area contributed by atoms with Crippen molar-refractivity contribution >= 4 is 61.3 Å². The van der Waals surface area contributed by atoms with E-state index in [1.54, 1.807) is 55.7 Å². The van der Waals surface area contributed by atoms with E-state index in [0.717, 1.165) is 11.8 Å². The number of ketones is 1. The second kappa shape index (κ2) is 11.4. The Hall–Kier alpha value is -4.71. The molecule has 0 unspecified atom stereocenters. The number of methoxy groups -OCH3 is 1. The molecule has 0 aliphatic rings. The summed E-state index contributed by atoms with van der Waals surface area (Å²) in [5, 5.41) is 10.0. The van der Waals surface area contributed by atoms with Crippen molar-refractivity contribution in [2.45, 2.75) is 26.2 Å². The Bertz CT molecular complexity index is 1750. The number of benzene rings is 3. The average molecular weight is 577 g/mol. The van der Waals surface area contributed by atoms with Crippen LogP contribution < -0.4 is 25.4 Å². The number of carbonyl (C=O) groups excluding carboxylic acids is 2. The minimum Gasteiger partial charge on any atom is -0.492 e. The number of ether oxygens (including phenoxy) is 1. The minimum absolute atomic E-state index is 0.0831. The van der Waals surface area contributed by atoms with E-state index in [1.165, 1.54) is 7.11 Å². The number of aromatic nitrogens is 2. The highest BCUT2D eigenvalue weighted by Gasteiger charge is 2.25. The summed E-state index contributed by atoms with van der Waals surface area (Å²) in [5.74, 6) is -0.591. The average Bonchev–Trinajstić information content (AvgIpc) is 2.91. The molecule has 0 radical (unpaired) electrons. The molecule has 12 heteroatoms. The summed E-state index contributed by atoms with van der Waals surface area (Å²) < 4.78 is 32.0. The monoisotopic (exact) mass is 576 g/mol. The Kier molecular flexibility index (Phi) is 8.15. The van der Waals surface area contributed by atoms with E-state index in [0.29, 0.717) is 28.2 Å². The van der Waals surface area contributed by atoms with Gasteiger partial charge in [0.15, 0.2) is 5.75 Å². The summed E-state index contributed by atoms with van der Waals surface area (Å²) in [4.78, 5) is 35.3. The van der Waals surface area contributed by atoms with E-state index in [2.05, 4.69) is 30.6 Å². The molecule has 4 aromatic rings. The second-order valence-corrected chi connectivity index (χ2v) is 12.1. The lowest BCUT2D eigenvalue weighted by molar-refractivity contribution is -0.112. The molecule has 0 aliphatic carbocycles. The van der Waals surface area contributed by atoms with E-state index in [-0.39, 0.29) is 22.7 Å². The molecule has 4 N–H and O–H groups in total. The lowest BCUT2D eigenvalue weighted by Crippen LogP contribution is -2.24. The summed E-state index contributed by atoms with van der Waals surface area (Å²) in [7, 11) is -0.584. The van der Waals surface area contributed by atoms with Gasteiger partial charge in [-0.05, 0) is 46.7 Å². The molecule has 4 rings (SSSR count). The van der Waals surface area contributed by atoms with Gasteiger partial charge in [-0.25, -0.2) is 13.4 Å². The number of amides is 1. The maximum atomic E-state index is 13.5. The van der Waals surface area contributed by atoms with Crippen LogP contribution >= 0.6 is 0 Å². The van der Waals surface area contributed by atoms with Crippen LogP contribution in [-0.4, -0.2) is 50.5 Å². The third-order valence-electron chi connectivity index (χ3n) is 6.22. The van der Waals surface area contributed by atoms with E-state index in [1.807, 2.05) is 32.9 Å². The van der Waals surface area contributed by atoms with Crippen LogP contribution in [-0.2, 0) is 20.2 Å². The third kappa shape index (κ3) is 6.72. The van der Waals surface area contributed by atoms with Crippen molar-refractivity contribution in [3.8, 4) is 5.75 Å². The van der Waals surface area contributed by atoms with Gasteiger partial charge in [0.2, 0.25) is 16.0 Å². The van der Waals surface area contributed by atoms with Crippen LogP contribution in [0.3, 0.4) is 0 Å². The molecule has 0 saturated carbocycles. The van der Waals surface area contributed by atoms with Crippen molar-refractivity contribution in [2.75, 3.05) is 41.1 Å². The van der Waals surface area contributed by atoms with Crippen molar-refractivity contribution in [1.82, 2.24) is 9.97 Å². The molecule has 0 saturated heterocycles. The lowest BCUT2D eigenvalue weighted by Gasteiger charge is -2.23. The Labute approximate surface area is 238 Å². The molecule has 3 aromatic carbocycles. The number of hydrogen-bond acceptors (Lipinski definition) is 9. The molecule has 11 nitrogen and oxygen atoms in total. The number of Topliss-reactive ketones (excluding diaryl/α,β-unsaturated/α-hetero) is 1. The summed E-state index contributed by atoms with van der Waals surface area (Å²) in [6, 6.07) is 15.5. The highest BCUT2D eigenvalue weighted by molar-refractivity contribution is 7.92. The summed E-state index contributed by atoms with van der Waals surface area (Å²) >= 11 is 0. The normalized spacial score (nSPS) is 11.6. The largest absolute Gasteiger partial charge is 0.492 e. The van der Waals surface area contributed by atoms with Crippen LogP contribution in [0.4, 0.5) is 28.8 Å². The molecule has 41 heavy (non-hydrogen) atoms. The van der Waals surface area contributed by atoms with Crippen LogP contribution in [0.25, 0.3) is 10.8 Å². The second-order valence-electron chi connectivity index (χ2n) is 10.4. The van der Waals surface area contributed by atoms with E-state index in [4.69, 9.17) is 4.74 Å². The Balaban J connectivity index is 1.71. The first-order valence-electron chi connectivity index (χ1n) is 12.7. The fourth-order valence-corrected chi connectivity index (χ4v) is 4.80. The van der Waals surface area contributed by atoms with Gasteiger partial charge in [0, 0.05) is 29.9 Å². The van der Waals surface area contributed by atoms with Gasteiger partial charge in [-0.2, -0.15) is 4.98 Å². The number of nitrogens with one attached hydrogen (secondary N) is 4. The highest BCUT2D eigenvalue weighted by Crippen LogP contribution is 2.39. The Morgan fingerprint density at radius 1 is 0.927 bits per heavy atom.